The van der Waals surface area contributed by atoms with Crippen LogP contribution < -0.4 is 11.0 Å². The number of carbonyl (C=O) groups excluding carboxylic acids is 1. The lowest BCUT2D eigenvalue weighted by Crippen LogP contribution is -2.47. The van der Waals surface area contributed by atoms with E-state index < -0.39 is 23.5 Å². The Morgan fingerprint density at radius 1 is 1.13 bits per heavy atom. The third kappa shape index (κ3) is 5.57. The molecule has 0 aliphatic heterocycles. The first kappa shape index (κ1) is 21.3. The molecule has 0 aliphatic carbocycles. The Kier molecular flexibility index (Phi) is 6.68. The zero-order chi connectivity index (χ0) is 21.7. The van der Waals surface area contributed by atoms with Crippen molar-refractivity contribution in [3.63, 3.8) is 0 Å². The van der Waals surface area contributed by atoms with Crippen molar-refractivity contribution in [3.8, 4) is 11.1 Å². The van der Waals surface area contributed by atoms with E-state index in [2.05, 4.69) is 5.43 Å². The smallest absolute Gasteiger partial charge is 0.333 e. The number of hydrogen-bond donors (Lipinski definition) is 4. The molecule has 1 heterocycles. The van der Waals surface area contributed by atoms with Crippen molar-refractivity contribution in [3.05, 3.63) is 81.3 Å². The van der Waals surface area contributed by atoms with Gasteiger partial charge in [-0.1, -0.05) is 48.0 Å². The van der Waals surface area contributed by atoms with Gasteiger partial charge in [-0.3, -0.25) is 15.0 Å². The number of nitrogens with zero attached hydrogens (tertiary/aromatic N) is 1. The number of hydrazine groups is 1. The van der Waals surface area contributed by atoms with E-state index >= 15 is 0 Å². The SMILES string of the molecule is O=C(NN(Cc1ccc(-c2cccc(Cl)c2)cc1)C[C@H](O)C(=O)O)c1cc(=O)[nH]o1. The summed E-state index contributed by atoms with van der Waals surface area (Å²) in [5.74, 6) is -2.47. The molecular weight excluding hydrogens is 414 g/mol. The van der Waals surface area contributed by atoms with E-state index in [4.69, 9.17) is 21.2 Å². The van der Waals surface area contributed by atoms with Gasteiger partial charge in [-0.05, 0) is 28.8 Å². The van der Waals surface area contributed by atoms with Crippen LogP contribution in [0.4, 0.5) is 0 Å². The summed E-state index contributed by atoms with van der Waals surface area (Å²) in [6.07, 6.45) is -1.73. The first-order chi connectivity index (χ1) is 14.3. The lowest BCUT2D eigenvalue weighted by atomic mass is 10.0. The predicted molar refractivity (Wildman–Crippen MR) is 108 cm³/mol. The molecule has 3 rings (SSSR count). The summed E-state index contributed by atoms with van der Waals surface area (Å²) in [6, 6.07) is 15.7. The lowest BCUT2D eigenvalue weighted by Gasteiger charge is -2.24. The van der Waals surface area contributed by atoms with E-state index in [1.54, 1.807) is 18.2 Å². The molecule has 0 saturated heterocycles. The van der Waals surface area contributed by atoms with Gasteiger partial charge < -0.3 is 14.7 Å². The number of aromatic amines is 1. The molecule has 0 fully saturated rings. The van der Waals surface area contributed by atoms with Crippen molar-refractivity contribution in [1.82, 2.24) is 15.6 Å². The van der Waals surface area contributed by atoms with Crippen LogP contribution in [0.3, 0.4) is 0 Å². The number of hydrogen-bond acceptors (Lipinski definition) is 6. The number of carbonyl (C=O) groups is 2. The fourth-order valence-corrected chi connectivity index (χ4v) is 2.91. The van der Waals surface area contributed by atoms with Gasteiger partial charge in [-0.2, -0.15) is 5.16 Å². The molecule has 3 aromatic rings. The summed E-state index contributed by atoms with van der Waals surface area (Å²) < 4.78 is 4.74. The summed E-state index contributed by atoms with van der Waals surface area (Å²) in [7, 11) is 0. The first-order valence-corrected chi connectivity index (χ1v) is 9.20. The Balaban J connectivity index is 1.75. The molecule has 2 aromatic carbocycles. The Bertz CT molecular complexity index is 1090. The number of aliphatic carboxylic acids is 1. The Labute approximate surface area is 175 Å². The van der Waals surface area contributed by atoms with Gasteiger partial charge >= 0.3 is 11.9 Å². The number of rotatable bonds is 8. The lowest BCUT2D eigenvalue weighted by molar-refractivity contribution is -0.148. The maximum absolute atomic E-state index is 12.2. The third-order valence-corrected chi connectivity index (χ3v) is 4.41. The van der Waals surface area contributed by atoms with Gasteiger partial charge in [0.25, 0.3) is 5.56 Å². The number of nitrogens with one attached hydrogen (secondary N) is 2. The number of H-pyrrole nitrogens is 1. The van der Waals surface area contributed by atoms with E-state index in [-0.39, 0.29) is 18.8 Å². The van der Waals surface area contributed by atoms with Crippen LogP contribution in [0, 0.1) is 0 Å². The first-order valence-electron chi connectivity index (χ1n) is 8.82. The molecule has 10 heteroatoms. The molecule has 0 unspecified atom stereocenters. The highest BCUT2D eigenvalue weighted by atomic mass is 35.5. The van der Waals surface area contributed by atoms with Crippen molar-refractivity contribution in [2.75, 3.05) is 6.54 Å². The second kappa shape index (κ2) is 9.40. The van der Waals surface area contributed by atoms with Gasteiger partial charge in [0.1, 0.15) is 0 Å². The minimum Gasteiger partial charge on any atom is -0.479 e. The number of halogens is 1. The molecule has 9 nitrogen and oxygen atoms in total. The number of aliphatic hydroxyl groups is 1. The maximum Gasteiger partial charge on any atom is 0.333 e. The number of aliphatic hydroxyl groups excluding tert-OH is 1. The van der Waals surface area contributed by atoms with Crippen molar-refractivity contribution >= 4 is 23.5 Å². The molecule has 0 spiro atoms. The molecule has 30 heavy (non-hydrogen) atoms. The topological polar surface area (TPSA) is 136 Å². The van der Waals surface area contributed by atoms with Gasteiger partial charge in [0.05, 0.1) is 12.6 Å². The largest absolute Gasteiger partial charge is 0.479 e. The predicted octanol–water partition coefficient (Wildman–Crippen LogP) is 1.88. The fourth-order valence-electron chi connectivity index (χ4n) is 2.72. The van der Waals surface area contributed by atoms with E-state index in [1.165, 1.54) is 5.01 Å². The van der Waals surface area contributed by atoms with E-state index in [1.807, 2.05) is 35.5 Å². The van der Waals surface area contributed by atoms with E-state index in [9.17, 15) is 19.5 Å². The van der Waals surface area contributed by atoms with Crippen LogP contribution in [-0.4, -0.2) is 44.9 Å². The quantitative estimate of drug-likeness (QED) is 0.400. The maximum atomic E-state index is 12.2. The number of amides is 1. The normalized spacial score (nSPS) is 12.0. The minimum atomic E-state index is -1.73. The second-order valence-electron chi connectivity index (χ2n) is 6.46. The van der Waals surface area contributed by atoms with Crippen molar-refractivity contribution in [2.24, 2.45) is 0 Å². The molecule has 0 aliphatic rings. The highest BCUT2D eigenvalue weighted by molar-refractivity contribution is 6.30. The molecule has 1 amide bonds. The number of carboxylic acids is 1. The Hall–Kier alpha value is -3.40. The van der Waals surface area contributed by atoms with Crippen LogP contribution in [0.1, 0.15) is 16.1 Å². The van der Waals surface area contributed by atoms with Gasteiger partial charge in [0.2, 0.25) is 5.76 Å². The van der Waals surface area contributed by atoms with Gasteiger partial charge in [-0.25, -0.2) is 9.80 Å². The summed E-state index contributed by atoms with van der Waals surface area (Å²) in [4.78, 5) is 34.4. The van der Waals surface area contributed by atoms with E-state index in [0.29, 0.717) is 5.02 Å². The Morgan fingerprint density at radius 3 is 2.47 bits per heavy atom. The average Bonchev–Trinajstić information content (AvgIpc) is 3.15. The van der Waals surface area contributed by atoms with Crippen LogP contribution in [0.25, 0.3) is 11.1 Å². The van der Waals surface area contributed by atoms with Crippen molar-refractivity contribution in [2.45, 2.75) is 12.6 Å². The van der Waals surface area contributed by atoms with Crippen molar-refractivity contribution in [1.29, 1.82) is 0 Å². The molecule has 156 valence electrons. The molecular formula is C20H18ClN3O6. The van der Waals surface area contributed by atoms with Gasteiger partial charge in [0, 0.05) is 11.6 Å². The summed E-state index contributed by atoms with van der Waals surface area (Å²) in [6.45, 7) is -0.285. The summed E-state index contributed by atoms with van der Waals surface area (Å²) in [5.41, 5.74) is 4.45. The van der Waals surface area contributed by atoms with Crippen LogP contribution in [0.2, 0.25) is 5.02 Å². The molecule has 0 saturated carbocycles. The summed E-state index contributed by atoms with van der Waals surface area (Å²) in [5, 5.41) is 22.5. The number of aromatic nitrogens is 1. The zero-order valence-electron chi connectivity index (χ0n) is 15.5. The van der Waals surface area contributed by atoms with Crippen LogP contribution in [0.15, 0.2) is 63.9 Å². The van der Waals surface area contributed by atoms with Crippen LogP contribution in [0.5, 0.6) is 0 Å². The third-order valence-electron chi connectivity index (χ3n) is 4.17. The van der Waals surface area contributed by atoms with Crippen LogP contribution >= 0.6 is 11.6 Å². The van der Waals surface area contributed by atoms with E-state index in [0.717, 1.165) is 22.8 Å². The monoisotopic (exact) mass is 431 g/mol. The molecule has 4 N–H and O–H groups in total. The highest BCUT2D eigenvalue weighted by Crippen LogP contribution is 2.23. The van der Waals surface area contributed by atoms with Gasteiger partial charge in [-0.15, -0.1) is 0 Å². The minimum absolute atomic E-state index is 0.0978. The zero-order valence-corrected chi connectivity index (χ0v) is 16.3. The summed E-state index contributed by atoms with van der Waals surface area (Å²) >= 11 is 6.02. The standard InChI is InChI=1S/C20H18ClN3O6/c21-15-3-1-2-14(8-15)13-6-4-12(5-7-13)10-24(11-16(25)20(28)29)22-19(27)17-9-18(26)23-30-17/h1-9,16,25H,10-11H2,(H,22,27)(H,23,26)(H,28,29)/t16-/m0/s1. The Morgan fingerprint density at radius 2 is 1.87 bits per heavy atom. The number of carboxylic acid groups (broad SMARTS) is 1. The molecule has 1 aromatic heterocycles. The number of benzene rings is 2. The van der Waals surface area contributed by atoms with Gasteiger partial charge in [0.15, 0.2) is 6.10 Å². The van der Waals surface area contributed by atoms with Crippen molar-refractivity contribution < 1.29 is 24.3 Å². The van der Waals surface area contributed by atoms with Crippen LogP contribution in [-0.2, 0) is 11.3 Å². The molecule has 1 atom stereocenters. The molecule has 0 radical (unpaired) electrons. The fraction of sp³-hybridized carbons (Fsp3) is 0.150. The molecule has 0 bridgehead atoms. The average molecular weight is 432 g/mol. The highest BCUT2D eigenvalue weighted by Gasteiger charge is 2.22. The second-order valence-corrected chi connectivity index (χ2v) is 6.90.